The van der Waals surface area contributed by atoms with E-state index in [4.69, 9.17) is 11.5 Å². The Labute approximate surface area is 108 Å². The van der Waals surface area contributed by atoms with Gasteiger partial charge in [0.1, 0.15) is 6.04 Å². The molecule has 1 rings (SSSR count). The molecule has 1 aliphatic heterocycles. The number of nitrogens with two attached hydrogens (primary N) is 2. The summed E-state index contributed by atoms with van der Waals surface area (Å²) in [4.78, 5) is 24.8. The third-order valence-electron chi connectivity index (χ3n) is 3.41. The summed E-state index contributed by atoms with van der Waals surface area (Å²) in [6.07, 6.45) is 2.34. The van der Waals surface area contributed by atoms with Gasteiger partial charge in [-0.05, 0) is 18.8 Å². The van der Waals surface area contributed by atoms with Gasteiger partial charge in [-0.3, -0.25) is 9.59 Å². The van der Waals surface area contributed by atoms with Crippen LogP contribution in [0.1, 0.15) is 33.1 Å². The molecule has 0 bridgehead atoms. The molecule has 100 valence electrons. The van der Waals surface area contributed by atoms with Crippen LogP contribution in [0.5, 0.6) is 0 Å². The van der Waals surface area contributed by atoms with Crippen molar-refractivity contribution in [3.8, 4) is 0 Å². The highest BCUT2D eigenvalue weighted by atomic mass is 35.5. The quantitative estimate of drug-likeness (QED) is 0.762. The van der Waals surface area contributed by atoms with Crippen LogP contribution in [0.15, 0.2) is 0 Å². The number of rotatable bonds is 4. The Morgan fingerprint density at radius 2 is 2.06 bits per heavy atom. The number of hydrogen-bond donors (Lipinski definition) is 2. The van der Waals surface area contributed by atoms with Crippen LogP contribution in [-0.2, 0) is 9.59 Å². The maximum absolute atomic E-state index is 12.1. The Kier molecular flexibility index (Phi) is 6.49. The van der Waals surface area contributed by atoms with E-state index in [1.807, 2.05) is 13.8 Å². The van der Waals surface area contributed by atoms with Gasteiger partial charge in [-0.25, -0.2) is 0 Å². The van der Waals surface area contributed by atoms with Crippen LogP contribution in [0.3, 0.4) is 0 Å². The zero-order valence-electron chi connectivity index (χ0n) is 10.4. The van der Waals surface area contributed by atoms with E-state index >= 15 is 0 Å². The summed E-state index contributed by atoms with van der Waals surface area (Å²) >= 11 is 0. The van der Waals surface area contributed by atoms with Gasteiger partial charge < -0.3 is 16.4 Å². The molecule has 5 nitrogen and oxygen atoms in total. The first-order valence-electron chi connectivity index (χ1n) is 5.84. The second-order valence-electron chi connectivity index (χ2n) is 4.50. The lowest BCUT2D eigenvalue weighted by Crippen LogP contribution is -2.52. The Morgan fingerprint density at radius 1 is 1.47 bits per heavy atom. The van der Waals surface area contributed by atoms with E-state index in [0.717, 1.165) is 12.8 Å². The van der Waals surface area contributed by atoms with E-state index in [1.54, 1.807) is 4.90 Å². The lowest BCUT2D eigenvalue weighted by molar-refractivity contribution is -0.139. The fraction of sp³-hybridized carbons (Fsp3) is 0.818. The first-order chi connectivity index (χ1) is 7.49. The van der Waals surface area contributed by atoms with Crippen LogP contribution in [-0.4, -0.2) is 35.3 Å². The minimum atomic E-state index is -0.523. The molecule has 1 saturated heterocycles. The van der Waals surface area contributed by atoms with E-state index in [1.165, 1.54) is 0 Å². The van der Waals surface area contributed by atoms with Crippen LogP contribution in [0.25, 0.3) is 0 Å². The van der Waals surface area contributed by atoms with Crippen LogP contribution < -0.4 is 11.5 Å². The highest BCUT2D eigenvalue weighted by Crippen LogP contribution is 2.19. The standard InChI is InChI=1S/C11H21N3O2.ClH/c1-3-7(2)9(12)11(16)14-6-4-5-8(14)10(13)15;/h7-9H,3-6,12H2,1-2H3,(H2,13,15);1H/t7-,8-,9-;/m0./s1. The summed E-state index contributed by atoms with van der Waals surface area (Å²) in [7, 11) is 0. The van der Waals surface area contributed by atoms with Crippen molar-refractivity contribution in [2.75, 3.05) is 6.54 Å². The molecule has 1 heterocycles. The number of carbonyl (C=O) groups is 2. The summed E-state index contributed by atoms with van der Waals surface area (Å²) in [5.41, 5.74) is 11.1. The summed E-state index contributed by atoms with van der Waals surface area (Å²) in [5, 5.41) is 0. The van der Waals surface area contributed by atoms with Crippen molar-refractivity contribution in [1.29, 1.82) is 0 Å². The van der Waals surface area contributed by atoms with Crippen molar-refractivity contribution in [2.24, 2.45) is 17.4 Å². The van der Waals surface area contributed by atoms with Crippen molar-refractivity contribution in [1.82, 2.24) is 4.90 Å². The molecule has 0 aliphatic carbocycles. The lowest BCUT2D eigenvalue weighted by atomic mass is 9.98. The number of nitrogens with zero attached hydrogens (tertiary/aromatic N) is 1. The number of carbonyl (C=O) groups excluding carboxylic acids is 2. The van der Waals surface area contributed by atoms with Crippen molar-refractivity contribution in [3.05, 3.63) is 0 Å². The summed E-state index contributed by atoms with van der Waals surface area (Å²) in [6.45, 7) is 4.53. The molecule has 4 N–H and O–H groups in total. The van der Waals surface area contributed by atoms with E-state index in [9.17, 15) is 9.59 Å². The average Bonchev–Trinajstić information content (AvgIpc) is 2.74. The Bertz CT molecular complexity index is 286. The molecule has 0 unspecified atom stereocenters. The Hall–Kier alpha value is -0.810. The third-order valence-corrected chi connectivity index (χ3v) is 3.41. The normalized spacial score (nSPS) is 22.8. The van der Waals surface area contributed by atoms with Gasteiger partial charge in [0.2, 0.25) is 11.8 Å². The highest BCUT2D eigenvalue weighted by molar-refractivity contribution is 5.89. The van der Waals surface area contributed by atoms with Crippen molar-refractivity contribution in [2.45, 2.75) is 45.2 Å². The predicted octanol–water partition coefficient (Wildman–Crippen LogP) is 0.258. The zero-order chi connectivity index (χ0) is 12.3. The number of amides is 2. The number of primary amides is 1. The van der Waals surface area contributed by atoms with Gasteiger partial charge >= 0.3 is 0 Å². The van der Waals surface area contributed by atoms with E-state index in [2.05, 4.69) is 0 Å². The highest BCUT2D eigenvalue weighted by Gasteiger charge is 2.35. The van der Waals surface area contributed by atoms with Crippen LogP contribution in [0, 0.1) is 5.92 Å². The van der Waals surface area contributed by atoms with Crippen LogP contribution in [0.4, 0.5) is 0 Å². The molecule has 6 heteroatoms. The van der Waals surface area contributed by atoms with Gasteiger partial charge in [-0.2, -0.15) is 0 Å². The lowest BCUT2D eigenvalue weighted by Gasteiger charge is -2.27. The molecule has 3 atom stereocenters. The van der Waals surface area contributed by atoms with Gasteiger partial charge in [0.15, 0.2) is 0 Å². The van der Waals surface area contributed by atoms with Gasteiger partial charge in [0.25, 0.3) is 0 Å². The first-order valence-corrected chi connectivity index (χ1v) is 5.84. The molecule has 0 saturated carbocycles. The predicted molar refractivity (Wildman–Crippen MR) is 68.6 cm³/mol. The van der Waals surface area contributed by atoms with Gasteiger partial charge in [0.05, 0.1) is 6.04 Å². The summed E-state index contributed by atoms with van der Waals surface area (Å²) in [6, 6.07) is -0.979. The Morgan fingerprint density at radius 3 is 2.53 bits per heavy atom. The molecule has 1 aliphatic rings. The molecular formula is C11H22ClN3O2. The molecule has 0 radical (unpaired) electrons. The maximum atomic E-state index is 12.1. The second kappa shape index (κ2) is 6.81. The summed E-state index contributed by atoms with van der Waals surface area (Å²) < 4.78 is 0. The van der Waals surface area contributed by atoms with E-state index in [-0.39, 0.29) is 24.2 Å². The molecule has 0 aromatic rings. The van der Waals surface area contributed by atoms with Crippen molar-refractivity contribution < 1.29 is 9.59 Å². The SMILES string of the molecule is CC[C@H](C)[C@H](N)C(=O)N1CCC[C@H]1C(N)=O.Cl. The smallest absolute Gasteiger partial charge is 0.240 e. The van der Waals surface area contributed by atoms with E-state index in [0.29, 0.717) is 13.0 Å². The topological polar surface area (TPSA) is 89.4 Å². The molecule has 0 aromatic heterocycles. The molecule has 17 heavy (non-hydrogen) atoms. The van der Waals surface area contributed by atoms with Gasteiger partial charge in [0, 0.05) is 6.54 Å². The van der Waals surface area contributed by atoms with Gasteiger partial charge in [-0.1, -0.05) is 20.3 Å². The third kappa shape index (κ3) is 3.57. The molecule has 0 spiro atoms. The van der Waals surface area contributed by atoms with Crippen LogP contribution >= 0.6 is 12.4 Å². The molecular weight excluding hydrogens is 242 g/mol. The van der Waals surface area contributed by atoms with E-state index < -0.39 is 18.0 Å². The minimum absolute atomic E-state index is 0. The van der Waals surface area contributed by atoms with Crippen molar-refractivity contribution in [3.63, 3.8) is 0 Å². The summed E-state index contributed by atoms with van der Waals surface area (Å²) in [5.74, 6) is -0.445. The van der Waals surface area contributed by atoms with Gasteiger partial charge in [-0.15, -0.1) is 12.4 Å². The average molecular weight is 264 g/mol. The number of halogens is 1. The number of likely N-dealkylation sites (tertiary alicyclic amines) is 1. The van der Waals surface area contributed by atoms with Crippen molar-refractivity contribution >= 4 is 24.2 Å². The second-order valence-corrected chi connectivity index (χ2v) is 4.50. The molecule has 2 amide bonds. The Balaban J connectivity index is 0.00000256. The fourth-order valence-corrected chi connectivity index (χ4v) is 2.02. The number of hydrogen-bond acceptors (Lipinski definition) is 3. The fourth-order valence-electron chi connectivity index (χ4n) is 2.02. The molecule has 0 aromatic carbocycles. The largest absolute Gasteiger partial charge is 0.368 e. The maximum Gasteiger partial charge on any atom is 0.240 e. The van der Waals surface area contributed by atoms with Crippen LogP contribution in [0.2, 0.25) is 0 Å². The molecule has 1 fully saturated rings. The monoisotopic (exact) mass is 263 g/mol. The zero-order valence-corrected chi connectivity index (χ0v) is 11.2. The minimum Gasteiger partial charge on any atom is -0.368 e. The first kappa shape index (κ1) is 16.2.